The van der Waals surface area contributed by atoms with Crippen LogP contribution < -0.4 is 0 Å². The van der Waals surface area contributed by atoms with Crippen LogP contribution in [0.2, 0.25) is 0 Å². The lowest BCUT2D eigenvalue weighted by molar-refractivity contribution is 0.0776. The number of carbonyl (C=O) groups is 1. The van der Waals surface area contributed by atoms with Crippen molar-refractivity contribution < 1.29 is 9.18 Å². The summed E-state index contributed by atoms with van der Waals surface area (Å²) >= 11 is 0. The second-order valence-electron chi connectivity index (χ2n) is 11.1. The first-order valence-electron chi connectivity index (χ1n) is 13.4. The van der Waals surface area contributed by atoms with E-state index in [1.54, 1.807) is 12.1 Å². The van der Waals surface area contributed by atoms with Crippen molar-refractivity contribution in [3.05, 3.63) is 71.7 Å². The zero-order chi connectivity index (χ0) is 23.9. The maximum atomic E-state index is 13.7. The Morgan fingerprint density at radius 1 is 0.971 bits per heavy atom. The lowest BCUT2D eigenvalue weighted by Crippen LogP contribution is -2.40. The summed E-state index contributed by atoms with van der Waals surface area (Å²) in [5.41, 5.74) is 3.15. The van der Waals surface area contributed by atoms with Gasteiger partial charge in [0.1, 0.15) is 5.82 Å². The van der Waals surface area contributed by atoms with Gasteiger partial charge in [0.05, 0.1) is 11.1 Å². The van der Waals surface area contributed by atoms with Crippen molar-refractivity contribution in [1.29, 1.82) is 0 Å². The predicted octanol–water partition coefficient (Wildman–Crippen LogP) is 5.69. The van der Waals surface area contributed by atoms with Crippen molar-refractivity contribution >= 4 is 16.8 Å². The fourth-order valence-corrected chi connectivity index (χ4v) is 6.87. The smallest absolute Gasteiger partial charge is 0.256 e. The highest BCUT2D eigenvalue weighted by molar-refractivity contribution is 6.06. The molecule has 0 N–H and O–H groups in total. The Balaban J connectivity index is 1.14. The summed E-state index contributed by atoms with van der Waals surface area (Å²) in [6.45, 7) is 5.05. The molecule has 3 aliphatic rings. The maximum absolute atomic E-state index is 13.7. The molecular formula is C30H36FN3O. The number of amides is 1. The average molecular weight is 474 g/mol. The van der Waals surface area contributed by atoms with Crippen molar-refractivity contribution in [2.45, 2.75) is 38.0 Å². The van der Waals surface area contributed by atoms with Crippen LogP contribution in [0.1, 0.15) is 53.9 Å². The van der Waals surface area contributed by atoms with Crippen LogP contribution in [-0.4, -0.2) is 53.0 Å². The Morgan fingerprint density at radius 2 is 1.74 bits per heavy atom. The lowest BCUT2D eigenvalue weighted by atomic mass is 9.71. The zero-order valence-corrected chi connectivity index (χ0v) is 20.7. The van der Waals surface area contributed by atoms with Gasteiger partial charge in [-0.25, -0.2) is 4.39 Å². The fraction of sp³-hybridized carbons (Fsp3) is 0.500. The Hall–Kier alpha value is -2.66. The Morgan fingerprint density at radius 3 is 2.46 bits per heavy atom. The normalized spacial score (nSPS) is 24.2. The highest BCUT2D eigenvalue weighted by atomic mass is 19.1. The van der Waals surface area contributed by atoms with Crippen LogP contribution in [0.5, 0.6) is 0 Å². The minimum atomic E-state index is -0.156. The average Bonchev–Trinajstić information content (AvgIpc) is 3.42. The van der Waals surface area contributed by atoms with E-state index in [0.29, 0.717) is 17.8 Å². The molecule has 2 aromatic carbocycles. The van der Waals surface area contributed by atoms with Crippen LogP contribution in [0.4, 0.5) is 4.39 Å². The van der Waals surface area contributed by atoms with Gasteiger partial charge < -0.3 is 14.4 Å². The van der Waals surface area contributed by atoms with Gasteiger partial charge in [0, 0.05) is 38.3 Å². The van der Waals surface area contributed by atoms with Crippen LogP contribution in [-0.2, 0) is 7.05 Å². The molecule has 3 fully saturated rings. The van der Waals surface area contributed by atoms with E-state index >= 15 is 0 Å². The molecule has 2 atom stereocenters. The van der Waals surface area contributed by atoms with Gasteiger partial charge in [-0.2, -0.15) is 0 Å². The van der Waals surface area contributed by atoms with E-state index < -0.39 is 0 Å². The molecule has 2 saturated heterocycles. The molecule has 2 unspecified atom stereocenters. The van der Waals surface area contributed by atoms with Gasteiger partial charge in [0.2, 0.25) is 0 Å². The molecule has 3 aromatic rings. The first-order valence-corrected chi connectivity index (χ1v) is 13.4. The molecule has 6 rings (SSSR count). The SMILES string of the molecule is Cn1ccc2cccc(C(=O)N3CC(CN4CCC(c5ccc(F)cc5)CC4)C(C4CCC4)C3)c21. The molecule has 184 valence electrons. The molecule has 1 aliphatic carbocycles. The predicted molar refractivity (Wildman–Crippen MR) is 138 cm³/mol. The minimum absolute atomic E-state index is 0.156. The molecule has 35 heavy (non-hydrogen) atoms. The van der Waals surface area contributed by atoms with Crippen LogP contribution >= 0.6 is 0 Å². The van der Waals surface area contributed by atoms with Crippen LogP contribution in [0.25, 0.3) is 10.9 Å². The van der Waals surface area contributed by atoms with E-state index in [2.05, 4.69) is 26.5 Å². The molecule has 2 aliphatic heterocycles. The number of nitrogens with zero attached hydrogens (tertiary/aromatic N) is 3. The number of para-hydroxylation sites is 1. The number of rotatable bonds is 5. The summed E-state index contributed by atoms with van der Waals surface area (Å²) in [4.78, 5) is 18.5. The first kappa shape index (κ1) is 22.8. The van der Waals surface area contributed by atoms with Gasteiger partial charge in [0.25, 0.3) is 5.91 Å². The summed E-state index contributed by atoms with van der Waals surface area (Å²) in [5, 5.41) is 1.13. The number of likely N-dealkylation sites (tertiary alicyclic amines) is 2. The molecular weight excluding hydrogens is 437 g/mol. The highest BCUT2D eigenvalue weighted by Crippen LogP contribution is 2.42. The molecule has 0 spiro atoms. The van der Waals surface area contributed by atoms with Gasteiger partial charge in [-0.05, 0) is 79.4 Å². The van der Waals surface area contributed by atoms with Gasteiger partial charge in [-0.3, -0.25) is 4.79 Å². The standard InChI is InChI=1S/C30H36FN3O/c1-32-15-12-24-6-3-7-27(29(24)32)30(35)34-19-25(28(20-34)23-4-2-5-23)18-33-16-13-22(14-17-33)21-8-10-26(31)11-9-21/h3,6-12,15,22-23,25,28H,2,4-5,13-14,16-20H2,1H3. The van der Waals surface area contributed by atoms with E-state index in [1.165, 1.54) is 24.8 Å². The zero-order valence-electron chi connectivity index (χ0n) is 20.7. The Kier molecular flexibility index (Phi) is 6.13. The summed E-state index contributed by atoms with van der Waals surface area (Å²) in [7, 11) is 2.03. The number of piperidine rings is 1. The Bertz CT molecular complexity index is 1190. The van der Waals surface area contributed by atoms with Crippen LogP contribution in [0.3, 0.4) is 0 Å². The van der Waals surface area contributed by atoms with E-state index in [0.717, 1.165) is 67.9 Å². The van der Waals surface area contributed by atoms with E-state index in [-0.39, 0.29) is 11.7 Å². The number of fused-ring (bicyclic) bond motifs is 1. The molecule has 0 bridgehead atoms. The van der Waals surface area contributed by atoms with Gasteiger partial charge in [-0.1, -0.05) is 43.5 Å². The summed E-state index contributed by atoms with van der Waals surface area (Å²) in [6, 6.07) is 15.3. The second-order valence-corrected chi connectivity index (χ2v) is 11.1. The van der Waals surface area contributed by atoms with Crippen LogP contribution in [0, 0.1) is 23.6 Å². The highest BCUT2D eigenvalue weighted by Gasteiger charge is 2.42. The largest absolute Gasteiger partial charge is 0.350 e. The van der Waals surface area contributed by atoms with E-state index in [1.807, 2.05) is 37.5 Å². The fourth-order valence-electron chi connectivity index (χ4n) is 6.87. The molecule has 3 heterocycles. The van der Waals surface area contributed by atoms with Gasteiger partial charge in [0.15, 0.2) is 0 Å². The van der Waals surface area contributed by atoms with E-state index in [9.17, 15) is 9.18 Å². The molecule has 5 heteroatoms. The van der Waals surface area contributed by atoms with Crippen LogP contribution in [0.15, 0.2) is 54.7 Å². The number of benzene rings is 2. The third-order valence-corrected chi connectivity index (χ3v) is 9.08. The molecule has 1 saturated carbocycles. The third kappa shape index (κ3) is 4.40. The van der Waals surface area contributed by atoms with Crippen molar-refractivity contribution in [3.8, 4) is 0 Å². The third-order valence-electron chi connectivity index (χ3n) is 9.08. The van der Waals surface area contributed by atoms with Gasteiger partial charge >= 0.3 is 0 Å². The van der Waals surface area contributed by atoms with Crippen molar-refractivity contribution in [1.82, 2.24) is 14.4 Å². The Labute approximate surface area is 207 Å². The number of carbonyl (C=O) groups excluding carboxylic acids is 1. The minimum Gasteiger partial charge on any atom is -0.350 e. The monoisotopic (exact) mass is 473 g/mol. The summed E-state index contributed by atoms with van der Waals surface area (Å²) < 4.78 is 15.4. The molecule has 1 amide bonds. The topological polar surface area (TPSA) is 28.5 Å². The number of halogens is 1. The first-order chi connectivity index (χ1) is 17.1. The van der Waals surface area contributed by atoms with Gasteiger partial charge in [-0.15, -0.1) is 0 Å². The quantitative estimate of drug-likeness (QED) is 0.477. The van der Waals surface area contributed by atoms with Crippen molar-refractivity contribution in [2.24, 2.45) is 24.8 Å². The number of aromatic nitrogens is 1. The van der Waals surface area contributed by atoms with Crippen molar-refractivity contribution in [3.63, 3.8) is 0 Å². The summed E-state index contributed by atoms with van der Waals surface area (Å²) in [6.07, 6.45) is 8.29. The maximum Gasteiger partial charge on any atom is 0.256 e. The lowest BCUT2D eigenvalue weighted by Gasteiger charge is -2.38. The van der Waals surface area contributed by atoms with E-state index in [4.69, 9.17) is 0 Å². The molecule has 1 aromatic heterocycles. The number of aryl methyl sites for hydroxylation is 1. The number of hydrogen-bond donors (Lipinski definition) is 0. The second kappa shape index (κ2) is 9.42. The summed E-state index contributed by atoms with van der Waals surface area (Å²) in [5.74, 6) is 2.52. The molecule has 4 nitrogen and oxygen atoms in total. The molecule has 0 radical (unpaired) electrons. The number of hydrogen-bond acceptors (Lipinski definition) is 2. The van der Waals surface area contributed by atoms with Crippen molar-refractivity contribution in [2.75, 3.05) is 32.7 Å².